The predicted molar refractivity (Wildman–Crippen MR) is 98.2 cm³/mol. The fourth-order valence-corrected chi connectivity index (χ4v) is 3.02. The van der Waals surface area contributed by atoms with Crippen LogP contribution in [0.3, 0.4) is 0 Å². The molecule has 2 aromatic rings. The van der Waals surface area contributed by atoms with Crippen molar-refractivity contribution in [3.63, 3.8) is 0 Å². The van der Waals surface area contributed by atoms with Crippen LogP contribution in [-0.2, 0) is 27.3 Å². The highest BCUT2D eigenvalue weighted by molar-refractivity contribution is 6.04. The molecule has 1 saturated heterocycles. The molecule has 7 heteroatoms. The number of cyclic esters (lactones) is 1. The Balaban J connectivity index is 1.73. The highest BCUT2D eigenvalue weighted by Crippen LogP contribution is 2.24. The predicted octanol–water partition coefficient (Wildman–Crippen LogP) is 1.98. The minimum absolute atomic E-state index is 0.0157. The summed E-state index contributed by atoms with van der Waals surface area (Å²) in [6.45, 7) is 0.365. The Morgan fingerprint density at radius 3 is 2.37 bits per heavy atom. The summed E-state index contributed by atoms with van der Waals surface area (Å²) in [5.74, 6) is -3.11. The summed E-state index contributed by atoms with van der Waals surface area (Å²) in [5, 5.41) is 9.49. The molecule has 1 unspecified atom stereocenters. The van der Waals surface area contributed by atoms with Gasteiger partial charge in [0.15, 0.2) is 11.9 Å². The molecule has 0 radical (unpaired) electrons. The fourth-order valence-electron chi connectivity index (χ4n) is 3.02. The molecule has 1 aliphatic heterocycles. The lowest BCUT2D eigenvalue weighted by atomic mass is 9.92. The van der Waals surface area contributed by atoms with E-state index in [4.69, 9.17) is 10.5 Å². The molecule has 2 atom stereocenters. The van der Waals surface area contributed by atoms with Crippen LogP contribution in [0.2, 0.25) is 0 Å². The molecule has 3 rings (SSSR count). The van der Waals surface area contributed by atoms with Crippen molar-refractivity contribution in [2.24, 2.45) is 11.7 Å². The quantitative estimate of drug-likeness (QED) is 0.723. The largest absolute Gasteiger partial charge is 0.481 e. The van der Waals surface area contributed by atoms with Crippen molar-refractivity contribution in [3.05, 3.63) is 65.7 Å². The molecule has 140 valence electrons. The Hall–Kier alpha value is -3.19. The molecular formula is C20H20N2O5. The van der Waals surface area contributed by atoms with Crippen molar-refractivity contribution in [3.8, 4) is 0 Å². The summed E-state index contributed by atoms with van der Waals surface area (Å²) in [7, 11) is 0. The molecule has 1 aliphatic rings. The van der Waals surface area contributed by atoms with E-state index in [9.17, 15) is 19.5 Å². The second-order valence-corrected chi connectivity index (χ2v) is 6.34. The van der Waals surface area contributed by atoms with Gasteiger partial charge in [-0.05, 0) is 29.7 Å². The number of carbonyl (C=O) groups is 3. The van der Waals surface area contributed by atoms with E-state index >= 15 is 0 Å². The van der Waals surface area contributed by atoms with Crippen LogP contribution in [0.25, 0.3) is 0 Å². The monoisotopic (exact) mass is 368 g/mol. The number of rotatable bonds is 7. The molecule has 0 spiro atoms. The summed E-state index contributed by atoms with van der Waals surface area (Å²) < 4.78 is 5.16. The van der Waals surface area contributed by atoms with Crippen LogP contribution in [0.5, 0.6) is 0 Å². The van der Waals surface area contributed by atoms with E-state index in [1.807, 2.05) is 6.07 Å². The van der Waals surface area contributed by atoms with Crippen molar-refractivity contribution in [2.45, 2.75) is 19.1 Å². The molecule has 0 aliphatic carbocycles. The Kier molecular flexibility index (Phi) is 5.52. The number of nitrogens with zero attached hydrogens (tertiary/aromatic N) is 1. The maximum atomic E-state index is 12.7. The van der Waals surface area contributed by atoms with E-state index in [1.165, 1.54) is 4.90 Å². The molecular weight excluding hydrogens is 348 g/mol. The Labute approximate surface area is 156 Å². The average Bonchev–Trinajstić information content (AvgIpc) is 3.08. The second-order valence-electron chi connectivity index (χ2n) is 6.34. The maximum Gasteiger partial charge on any atom is 0.415 e. The molecule has 1 heterocycles. The molecule has 1 fully saturated rings. The molecule has 1 amide bonds. The normalized spacial score (nSPS) is 17.4. The SMILES string of the molecule is NCc1ccc(N2CC(C(=O)[C@@H](Cc3ccccc3)C(=O)O)OC2=O)cc1. The van der Waals surface area contributed by atoms with E-state index in [1.54, 1.807) is 48.5 Å². The standard InChI is InChI=1S/C20H20N2O5/c21-11-14-6-8-15(9-7-14)22-12-17(27-20(22)26)18(23)16(19(24)25)10-13-4-2-1-3-5-13/h1-9,16-17H,10-12,21H2,(H,24,25)/t16-,17?/m1/s1. The fraction of sp³-hybridized carbons (Fsp3) is 0.250. The van der Waals surface area contributed by atoms with Gasteiger partial charge in [-0.3, -0.25) is 14.5 Å². The van der Waals surface area contributed by atoms with E-state index in [0.29, 0.717) is 12.2 Å². The Morgan fingerprint density at radius 1 is 1.11 bits per heavy atom. The number of aliphatic carboxylic acids is 1. The molecule has 2 aromatic carbocycles. The smallest absolute Gasteiger partial charge is 0.415 e. The third-order valence-corrected chi connectivity index (χ3v) is 4.54. The van der Waals surface area contributed by atoms with Crippen LogP contribution in [0.1, 0.15) is 11.1 Å². The van der Waals surface area contributed by atoms with Gasteiger partial charge in [-0.25, -0.2) is 4.79 Å². The van der Waals surface area contributed by atoms with Crippen molar-refractivity contribution < 1.29 is 24.2 Å². The molecule has 3 N–H and O–H groups in total. The molecule has 27 heavy (non-hydrogen) atoms. The van der Waals surface area contributed by atoms with Crippen molar-refractivity contribution in [2.75, 3.05) is 11.4 Å². The number of ketones is 1. The number of hydrogen-bond acceptors (Lipinski definition) is 5. The van der Waals surface area contributed by atoms with Crippen molar-refractivity contribution in [1.82, 2.24) is 0 Å². The van der Waals surface area contributed by atoms with Gasteiger partial charge in [0.05, 0.1) is 6.54 Å². The van der Waals surface area contributed by atoms with Gasteiger partial charge in [-0.1, -0.05) is 42.5 Å². The third kappa shape index (κ3) is 4.15. The Bertz CT molecular complexity index is 835. The number of carbonyl (C=O) groups excluding carboxylic acids is 2. The first-order valence-electron chi connectivity index (χ1n) is 8.57. The van der Waals surface area contributed by atoms with Gasteiger partial charge in [0, 0.05) is 12.2 Å². The van der Waals surface area contributed by atoms with Crippen LogP contribution < -0.4 is 10.6 Å². The Morgan fingerprint density at radius 2 is 1.78 bits per heavy atom. The maximum absolute atomic E-state index is 12.7. The highest BCUT2D eigenvalue weighted by Gasteiger charge is 2.42. The van der Waals surface area contributed by atoms with Crippen LogP contribution in [0.4, 0.5) is 10.5 Å². The molecule has 0 bridgehead atoms. The summed E-state index contributed by atoms with van der Waals surface area (Å²) in [4.78, 5) is 37.8. The van der Waals surface area contributed by atoms with Gasteiger partial charge >= 0.3 is 12.1 Å². The first-order chi connectivity index (χ1) is 13.0. The van der Waals surface area contributed by atoms with Crippen LogP contribution in [0.15, 0.2) is 54.6 Å². The van der Waals surface area contributed by atoms with Gasteiger partial charge in [0.25, 0.3) is 0 Å². The van der Waals surface area contributed by atoms with E-state index in [2.05, 4.69) is 0 Å². The zero-order chi connectivity index (χ0) is 19.4. The number of nitrogens with two attached hydrogens (primary N) is 1. The van der Waals surface area contributed by atoms with Crippen molar-refractivity contribution in [1.29, 1.82) is 0 Å². The summed E-state index contributed by atoms with van der Waals surface area (Å²) in [6.07, 6.45) is -1.73. The number of hydrogen-bond donors (Lipinski definition) is 2. The zero-order valence-electron chi connectivity index (χ0n) is 14.6. The number of Topliss-reactive ketones (excluding diaryl/α,β-unsaturated/α-hetero) is 1. The number of anilines is 1. The van der Waals surface area contributed by atoms with Gasteiger partial charge in [0.1, 0.15) is 5.92 Å². The molecule has 7 nitrogen and oxygen atoms in total. The highest BCUT2D eigenvalue weighted by atomic mass is 16.6. The van der Waals surface area contributed by atoms with Gasteiger partial charge in [0.2, 0.25) is 0 Å². The average molecular weight is 368 g/mol. The minimum Gasteiger partial charge on any atom is -0.481 e. The minimum atomic E-state index is -1.27. The van der Waals surface area contributed by atoms with E-state index < -0.39 is 29.9 Å². The summed E-state index contributed by atoms with van der Waals surface area (Å²) in [6, 6.07) is 15.9. The lowest BCUT2D eigenvalue weighted by Crippen LogP contribution is -2.37. The lowest BCUT2D eigenvalue weighted by molar-refractivity contribution is -0.148. The number of benzene rings is 2. The lowest BCUT2D eigenvalue weighted by Gasteiger charge is -2.15. The van der Waals surface area contributed by atoms with Gasteiger partial charge < -0.3 is 15.6 Å². The topological polar surface area (TPSA) is 110 Å². The summed E-state index contributed by atoms with van der Waals surface area (Å²) >= 11 is 0. The number of carboxylic acid groups (broad SMARTS) is 1. The van der Waals surface area contributed by atoms with E-state index in [0.717, 1.165) is 11.1 Å². The van der Waals surface area contributed by atoms with Crippen LogP contribution >= 0.6 is 0 Å². The number of carboxylic acids is 1. The van der Waals surface area contributed by atoms with Crippen LogP contribution in [-0.4, -0.2) is 35.6 Å². The van der Waals surface area contributed by atoms with Gasteiger partial charge in [-0.2, -0.15) is 0 Å². The molecule has 0 aromatic heterocycles. The number of ether oxygens (including phenoxy) is 1. The second kappa shape index (κ2) is 8.01. The zero-order valence-corrected chi connectivity index (χ0v) is 14.6. The third-order valence-electron chi connectivity index (χ3n) is 4.54. The summed E-state index contributed by atoms with van der Waals surface area (Å²) in [5.41, 5.74) is 7.78. The first kappa shape index (κ1) is 18.6. The van der Waals surface area contributed by atoms with Crippen LogP contribution in [0, 0.1) is 5.92 Å². The van der Waals surface area contributed by atoms with Crippen molar-refractivity contribution >= 4 is 23.5 Å². The molecule has 0 saturated carbocycles. The number of amides is 1. The van der Waals surface area contributed by atoms with Gasteiger partial charge in [-0.15, -0.1) is 0 Å². The van der Waals surface area contributed by atoms with E-state index in [-0.39, 0.29) is 13.0 Å². The first-order valence-corrected chi connectivity index (χ1v) is 8.57.